The summed E-state index contributed by atoms with van der Waals surface area (Å²) in [5.41, 5.74) is -0.217. The fourth-order valence-electron chi connectivity index (χ4n) is 0.643. The van der Waals surface area contributed by atoms with Crippen LogP contribution >= 0.6 is 0 Å². The van der Waals surface area contributed by atoms with Crippen molar-refractivity contribution in [1.82, 2.24) is 0 Å². The first-order valence-electron chi connectivity index (χ1n) is 5.05. The molecule has 0 saturated heterocycles. The summed E-state index contributed by atoms with van der Waals surface area (Å²) in [6.07, 6.45) is 3.41. The van der Waals surface area contributed by atoms with Gasteiger partial charge >= 0.3 is 0 Å². The fraction of sp³-hybridized carbons (Fsp3) is 0.667. The van der Waals surface area contributed by atoms with Crippen molar-refractivity contribution >= 4 is 9.84 Å². The first kappa shape index (κ1) is 14.4. The van der Waals surface area contributed by atoms with E-state index in [2.05, 4.69) is 0 Å². The summed E-state index contributed by atoms with van der Waals surface area (Å²) in [7, 11) is -3.21. The van der Waals surface area contributed by atoms with Crippen LogP contribution in [0.2, 0.25) is 0 Å². The second-order valence-electron chi connectivity index (χ2n) is 5.93. The van der Waals surface area contributed by atoms with Crippen molar-refractivity contribution < 1.29 is 8.42 Å². The first-order valence-corrected chi connectivity index (χ1v) is 6.66. The molecule has 0 radical (unpaired) electrons. The van der Waals surface area contributed by atoms with E-state index in [4.69, 9.17) is 0 Å². The Bertz CT molecular complexity index is 316. The molecule has 0 rings (SSSR count). The van der Waals surface area contributed by atoms with Crippen molar-refractivity contribution in [3.8, 4) is 0 Å². The average Bonchev–Trinajstić information content (AvgIpc) is 1.96. The summed E-state index contributed by atoms with van der Waals surface area (Å²) < 4.78 is 23.1. The van der Waals surface area contributed by atoms with Gasteiger partial charge in [0.25, 0.3) is 0 Å². The van der Waals surface area contributed by atoms with Crippen molar-refractivity contribution in [1.29, 1.82) is 0 Å². The Morgan fingerprint density at radius 2 is 1.00 bits per heavy atom. The van der Waals surface area contributed by atoms with Crippen LogP contribution in [-0.4, -0.2) is 8.42 Å². The van der Waals surface area contributed by atoms with Gasteiger partial charge in [-0.05, 0) is 10.8 Å². The Morgan fingerprint density at radius 3 is 1.20 bits per heavy atom. The van der Waals surface area contributed by atoms with Crippen LogP contribution in [0.3, 0.4) is 0 Å². The molecule has 0 aromatic heterocycles. The summed E-state index contributed by atoms with van der Waals surface area (Å²) in [4.78, 5) is 0. The predicted molar refractivity (Wildman–Crippen MR) is 66.1 cm³/mol. The normalized spacial score (nSPS) is 15.3. The smallest absolute Gasteiger partial charge is 0.192 e. The molecule has 0 amide bonds. The molecule has 88 valence electrons. The topological polar surface area (TPSA) is 34.1 Å². The van der Waals surface area contributed by atoms with E-state index in [0.717, 1.165) is 0 Å². The zero-order chi connectivity index (χ0) is 12.3. The molecule has 0 atom stereocenters. The van der Waals surface area contributed by atoms with E-state index in [1.54, 1.807) is 12.2 Å². The monoisotopic (exact) mass is 230 g/mol. The van der Waals surface area contributed by atoms with Gasteiger partial charge in [0.2, 0.25) is 0 Å². The van der Waals surface area contributed by atoms with Gasteiger partial charge in [0.1, 0.15) is 0 Å². The molecular weight excluding hydrogens is 208 g/mol. The van der Waals surface area contributed by atoms with Crippen LogP contribution in [0.25, 0.3) is 0 Å². The number of sulfone groups is 1. The van der Waals surface area contributed by atoms with Crippen LogP contribution in [0, 0.1) is 10.8 Å². The standard InChI is InChI=1S/C12H22O2S/c1-11(2,3)7-9-15(13,14)10-8-12(4,5)6/h7-10H,1-6H3. The van der Waals surface area contributed by atoms with E-state index in [1.807, 2.05) is 41.5 Å². The van der Waals surface area contributed by atoms with Crippen molar-refractivity contribution in [2.45, 2.75) is 41.5 Å². The van der Waals surface area contributed by atoms with Gasteiger partial charge in [0.05, 0.1) is 0 Å². The lowest BCUT2D eigenvalue weighted by molar-refractivity contribution is 0.542. The Kier molecular flexibility index (Phi) is 4.35. The summed E-state index contributed by atoms with van der Waals surface area (Å²) in [6, 6.07) is 0. The third-order valence-corrected chi connectivity index (χ3v) is 2.55. The third kappa shape index (κ3) is 9.73. The second-order valence-corrected chi connectivity index (χ2v) is 7.65. The van der Waals surface area contributed by atoms with Crippen molar-refractivity contribution in [2.24, 2.45) is 10.8 Å². The van der Waals surface area contributed by atoms with E-state index in [0.29, 0.717) is 0 Å². The zero-order valence-corrected chi connectivity index (χ0v) is 11.4. The number of hydrogen-bond acceptors (Lipinski definition) is 2. The summed E-state index contributed by atoms with van der Waals surface area (Å²) in [5.74, 6) is 0. The Morgan fingerprint density at radius 1 is 0.733 bits per heavy atom. The molecule has 0 N–H and O–H groups in total. The summed E-state index contributed by atoms with van der Waals surface area (Å²) in [5, 5.41) is 2.55. The minimum Gasteiger partial charge on any atom is -0.220 e. The molecule has 0 saturated carbocycles. The summed E-state index contributed by atoms with van der Waals surface area (Å²) in [6.45, 7) is 11.8. The van der Waals surface area contributed by atoms with Gasteiger partial charge in [-0.1, -0.05) is 53.7 Å². The van der Waals surface area contributed by atoms with Gasteiger partial charge < -0.3 is 0 Å². The van der Waals surface area contributed by atoms with Gasteiger partial charge in [-0.3, -0.25) is 0 Å². The van der Waals surface area contributed by atoms with E-state index in [1.165, 1.54) is 10.8 Å². The van der Waals surface area contributed by atoms with E-state index in [-0.39, 0.29) is 10.8 Å². The number of hydrogen-bond donors (Lipinski definition) is 0. The van der Waals surface area contributed by atoms with E-state index in [9.17, 15) is 8.42 Å². The molecule has 0 fully saturated rings. The lowest BCUT2D eigenvalue weighted by Gasteiger charge is -2.11. The highest BCUT2D eigenvalue weighted by Crippen LogP contribution is 2.18. The quantitative estimate of drug-likeness (QED) is 0.727. The van der Waals surface area contributed by atoms with Crippen LogP contribution < -0.4 is 0 Å². The van der Waals surface area contributed by atoms with Gasteiger partial charge in [0, 0.05) is 10.8 Å². The Balaban J connectivity index is 4.75. The van der Waals surface area contributed by atoms with Crippen molar-refractivity contribution in [3.05, 3.63) is 23.0 Å². The first-order chi connectivity index (χ1) is 6.41. The average molecular weight is 230 g/mol. The lowest BCUT2D eigenvalue weighted by Crippen LogP contribution is -2.03. The third-order valence-electron chi connectivity index (χ3n) is 1.52. The predicted octanol–water partition coefficient (Wildman–Crippen LogP) is 3.52. The van der Waals surface area contributed by atoms with Crippen molar-refractivity contribution in [3.63, 3.8) is 0 Å². The zero-order valence-electron chi connectivity index (χ0n) is 10.5. The van der Waals surface area contributed by atoms with Crippen LogP contribution in [0.4, 0.5) is 0 Å². The molecule has 0 spiro atoms. The van der Waals surface area contributed by atoms with Gasteiger partial charge in [0.15, 0.2) is 9.84 Å². The molecule has 0 aliphatic heterocycles. The highest BCUT2D eigenvalue weighted by Gasteiger charge is 2.10. The van der Waals surface area contributed by atoms with Gasteiger partial charge in [-0.15, -0.1) is 0 Å². The van der Waals surface area contributed by atoms with E-state index >= 15 is 0 Å². The number of allylic oxidation sites excluding steroid dienone is 2. The molecule has 0 bridgehead atoms. The minimum absolute atomic E-state index is 0.108. The maximum Gasteiger partial charge on any atom is 0.192 e. The molecule has 3 heteroatoms. The molecule has 0 aliphatic rings. The molecular formula is C12H22O2S. The lowest BCUT2D eigenvalue weighted by atomic mass is 9.98. The molecule has 0 heterocycles. The SMILES string of the molecule is CC(C)(C)C=CS(=O)(=O)C=CC(C)(C)C. The maximum atomic E-state index is 11.6. The van der Waals surface area contributed by atoms with Crippen LogP contribution in [0.1, 0.15) is 41.5 Å². The minimum atomic E-state index is -3.21. The summed E-state index contributed by atoms with van der Waals surface area (Å²) >= 11 is 0. The highest BCUT2D eigenvalue weighted by atomic mass is 32.2. The molecule has 2 nitrogen and oxygen atoms in total. The van der Waals surface area contributed by atoms with Gasteiger partial charge in [-0.2, -0.15) is 0 Å². The van der Waals surface area contributed by atoms with Crippen molar-refractivity contribution in [2.75, 3.05) is 0 Å². The maximum absolute atomic E-state index is 11.6. The fourth-order valence-corrected chi connectivity index (χ4v) is 1.93. The molecule has 0 unspecified atom stereocenters. The van der Waals surface area contributed by atoms with Crippen LogP contribution in [-0.2, 0) is 9.84 Å². The Labute approximate surface area is 94.0 Å². The van der Waals surface area contributed by atoms with Crippen LogP contribution in [0.15, 0.2) is 23.0 Å². The number of rotatable bonds is 2. The largest absolute Gasteiger partial charge is 0.220 e. The van der Waals surface area contributed by atoms with Gasteiger partial charge in [-0.25, -0.2) is 8.42 Å². The highest BCUT2D eigenvalue weighted by molar-refractivity contribution is 7.97. The molecule has 0 aliphatic carbocycles. The second kappa shape index (κ2) is 4.52. The molecule has 0 aromatic carbocycles. The Hall–Kier alpha value is -0.570. The van der Waals surface area contributed by atoms with E-state index < -0.39 is 9.84 Å². The van der Waals surface area contributed by atoms with Crippen LogP contribution in [0.5, 0.6) is 0 Å². The molecule has 0 aromatic rings. The molecule has 15 heavy (non-hydrogen) atoms.